The summed E-state index contributed by atoms with van der Waals surface area (Å²) in [5.74, 6) is -0.563. The molecule has 2 aromatic carbocycles. The van der Waals surface area contributed by atoms with Gasteiger partial charge in [0.25, 0.3) is 5.69 Å². The molecular weight excluding hydrogens is 366 g/mol. The second-order valence-electron chi connectivity index (χ2n) is 6.08. The van der Waals surface area contributed by atoms with Crippen LogP contribution in [0.5, 0.6) is 0 Å². The third kappa shape index (κ3) is 5.55. The van der Waals surface area contributed by atoms with Gasteiger partial charge in [0.05, 0.1) is 22.1 Å². The van der Waals surface area contributed by atoms with Crippen molar-refractivity contribution in [3.8, 4) is 0 Å². The van der Waals surface area contributed by atoms with E-state index in [1.807, 2.05) is 32.0 Å². The van der Waals surface area contributed by atoms with Crippen LogP contribution in [0.3, 0.4) is 0 Å². The first-order chi connectivity index (χ1) is 12.8. The molecule has 0 saturated carbocycles. The van der Waals surface area contributed by atoms with Gasteiger partial charge in [0.2, 0.25) is 11.8 Å². The number of likely N-dealkylation sites (N-methyl/N-ethyl adjacent to an activating group) is 1. The molecule has 0 bridgehead atoms. The van der Waals surface area contributed by atoms with Crippen LogP contribution in [0.4, 0.5) is 11.4 Å². The number of aryl methyl sites for hydroxylation is 2. The predicted molar refractivity (Wildman–Crippen MR) is 106 cm³/mol. The monoisotopic (exact) mass is 387 g/mol. The molecule has 8 heteroatoms. The van der Waals surface area contributed by atoms with Gasteiger partial charge in [-0.15, -0.1) is 11.8 Å². The molecule has 0 aliphatic rings. The molecule has 2 rings (SSSR count). The van der Waals surface area contributed by atoms with E-state index in [4.69, 9.17) is 0 Å². The van der Waals surface area contributed by atoms with E-state index in [1.54, 1.807) is 18.2 Å². The first kappa shape index (κ1) is 20.4. The molecule has 1 N–H and O–H groups in total. The van der Waals surface area contributed by atoms with E-state index in [9.17, 15) is 19.7 Å². The summed E-state index contributed by atoms with van der Waals surface area (Å²) in [7, 11) is 1.53. The molecule has 0 aliphatic carbocycles. The van der Waals surface area contributed by atoms with Crippen molar-refractivity contribution >= 4 is 35.0 Å². The number of nitrogens with one attached hydrogen (secondary N) is 1. The van der Waals surface area contributed by atoms with Crippen molar-refractivity contribution < 1.29 is 14.5 Å². The van der Waals surface area contributed by atoms with E-state index >= 15 is 0 Å². The van der Waals surface area contributed by atoms with Crippen LogP contribution in [0.2, 0.25) is 0 Å². The average molecular weight is 387 g/mol. The fourth-order valence-electron chi connectivity index (χ4n) is 2.47. The molecule has 0 heterocycles. The number of benzene rings is 2. The van der Waals surface area contributed by atoms with Crippen molar-refractivity contribution in [2.24, 2.45) is 0 Å². The highest BCUT2D eigenvalue weighted by Crippen LogP contribution is 2.28. The van der Waals surface area contributed by atoms with Gasteiger partial charge in [0.1, 0.15) is 0 Å². The number of nitrogens with zero attached hydrogens (tertiary/aromatic N) is 2. The molecule has 0 aromatic heterocycles. The minimum absolute atomic E-state index is 0.0119. The molecular formula is C19H21N3O4S. The predicted octanol–water partition coefficient (Wildman–Crippen LogP) is 3.40. The van der Waals surface area contributed by atoms with E-state index in [1.165, 1.54) is 18.0 Å². The molecule has 2 amide bonds. The van der Waals surface area contributed by atoms with Crippen molar-refractivity contribution in [3.05, 3.63) is 63.7 Å². The van der Waals surface area contributed by atoms with Crippen LogP contribution in [0, 0.1) is 24.0 Å². The van der Waals surface area contributed by atoms with E-state index in [2.05, 4.69) is 5.32 Å². The van der Waals surface area contributed by atoms with Gasteiger partial charge in [0.15, 0.2) is 0 Å². The number of hydrogen-bond donors (Lipinski definition) is 1. The lowest BCUT2D eigenvalue weighted by Crippen LogP contribution is -2.36. The number of anilines is 1. The summed E-state index contributed by atoms with van der Waals surface area (Å²) in [4.78, 5) is 36.8. The summed E-state index contributed by atoms with van der Waals surface area (Å²) in [6, 6.07) is 12.0. The standard InChI is InChI=1S/C19H21N3O4S/c1-13-7-6-8-14(2)19(13)20-17(23)11-21(3)18(24)12-27-16-10-5-4-9-15(16)22(25)26/h4-10H,11-12H2,1-3H3,(H,20,23). The van der Waals surface area contributed by atoms with Crippen LogP contribution in [-0.4, -0.2) is 41.0 Å². The third-order valence-corrected chi connectivity index (χ3v) is 5.01. The normalized spacial score (nSPS) is 10.3. The zero-order chi connectivity index (χ0) is 20.0. The van der Waals surface area contributed by atoms with Gasteiger partial charge in [-0.05, 0) is 31.0 Å². The highest BCUT2D eigenvalue weighted by Gasteiger charge is 2.18. The SMILES string of the molecule is Cc1cccc(C)c1NC(=O)CN(C)C(=O)CSc1ccccc1[N+](=O)[O-]. The molecule has 27 heavy (non-hydrogen) atoms. The summed E-state index contributed by atoms with van der Waals surface area (Å²) >= 11 is 1.08. The van der Waals surface area contributed by atoms with Gasteiger partial charge < -0.3 is 10.2 Å². The highest BCUT2D eigenvalue weighted by molar-refractivity contribution is 8.00. The zero-order valence-corrected chi connectivity index (χ0v) is 16.2. The molecule has 0 saturated heterocycles. The van der Waals surface area contributed by atoms with Crippen molar-refractivity contribution in [3.63, 3.8) is 0 Å². The summed E-state index contributed by atoms with van der Waals surface area (Å²) in [6.45, 7) is 3.71. The van der Waals surface area contributed by atoms with Crippen molar-refractivity contribution in [2.75, 3.05) is 24.7 Å². The smallest absolute Gasteiger partial charge is 0.282 e. The Morgan fingerprint density at radius 2 is 1.74 bits per heavy atom. The minimum Gasteiger partial charge on any atom is -0.336 e. The maximum atomic E-state index is 12.3. The van der Waals surface area contributed by atoms with E-state index < -0.39 is 4.92 Å². The van der Waals surface area contributed by atoms with Crippen LogP contribution >= 0.6 is 11.8 Å². The summed E-state index contributed by atoms with van der Waals surface area (Å²) in [5, 5.41) is 13.9. The van der Waals surface area contributed by atoms with Crippen LogP contribution < -0.4 is 5.32 Å². The maximum absolute atomic E-state index is 12.3. The number of nitro benzene ring substituents is 1. The van der Waals surface area contributed by atoms with E-state index in [0.29, 0.717) is 4.90 Å². The maximum Gasteiger partial charge on any atom is 0.282 e. The zero-order valence-electron chi connectivity index (χ0n) is 15.4. The molecule has 0 spiro atoms. The van der Waals surface area contributed by atoms with Gasteiger partial charge in [-0.1, -0.05) is 30.3 Å². The Morgan fingerprint density at radius 3 is 2.37 bits per heavy atom. The van der Waals surface area contributed by atoms with Crippen molar-refractivity contribution in [1.29, 1.82) is 0 Å². The Hall–Kier alpha value is -2.87. The first-order valence-corrected chi connectivity index (χ1v) is 9.24. The van der Waals surface area contributed by atoms with Gasteiger partial charge in [-0.2, -0.15) is 0 Å². The van der Waals surface area contributed by atoms with Gasteiger partial charge in [-0.25, -0.2) is 0 Å². The quantitative estimate of drug-likeness (QED) is 0.446. The Balaban J connectivity index is 1.92. The lowest BCUT2D eigenvalue weighted by molar-refractivity contribution is -0.387. The first-order valence-electron chi connectivity index (χ1n) is 8.26. The number of carbonyl (C=O) groups excluding carboxylic acids is 2. The van der Waals surface area contributed by atoms with Crippen LogP contribution in [0.25, 0.3) is 0 Å². The second kappa shape index (κ2) is 9.18. The number of thioether (sulfide) groups is 1. The van der Waals surface area contributed by atoms with E-state index in [-0.39, 0.29) is 29.8 Å². The number of amides is 2. The Kier molecular flexibility index (Phi) is 6.95. The Bertz CT molecular complexity index is 850. The lowest BCUT2D eigenvalue weighted by atomic mass is 10.1. The molecule has 2 aromatic rings. The van der Waals surface area contributed by atoms with Crippen molar-refractivity contribution in [1.82, 2.24) is 4.90 Å². The van der Waals surface area contributed by atoms with E-state index in [0.717, 1.165) is 28.6 Å². The fourth-order valence-corrected chi connectivity index (χ4v) is 3.44. The Labute approximate surface area is 161 Å². The number of para-hydroxylation sites is 2. The van der Waals surface area contributed by atoms with Crippen LogP contribution in [0.15, 0.2) is 47.4 Å². The average Bonchev–Trinajstić information content (AvgIpc) is 2.63. The molecule has 142 valence electrons. The summed E-state index contributed by atoms with van der Waals surface area (Å²) < 4.78 is 0. The molecule has 0 fully saturated rings. The largest absolute Gasteiger partial charge is 0.336 e. The fraction of sp³-hybridized carbons (Fsp3) is 0.263. The number of nitro groups is 1. The van der Waals surface area contributed by atoms with Crippen LogP contribution in [0.1, 0.15) is 11.1 Å². The molecule has 0 unspecified atom stereocenters. The molecule has 0 atom stereocenters. The Morgan fingerprint density at radius 1 is 1.11 bits per heavy atom. The second-order valence-corrected chi connectivity index (χ2v) is 7.10. The summed E-state index contributed by atoms with van der Waals surface area (Å²) in [5.41, 5.74) is 2.61. The minimum atomic E-state index is -0.478. The van der Waals surface area contributed by atoms with Crippen molar-refractivity contribution in [2.45, 2.75) is 18.7 Å². The molecule has 7 nitrogen and oxygen atoms in total. The number of carbonyl (C=O) groups is 2. The topological polar surface area (TPSA) is 92.6 Å². The van der Waals surface area contributed by atoms with Gasteiger partial charge >= 0.3 is 0 Å². The number of rotatable bonds is 7. The third-order valence-electron chi connectivity index (χ3n) is 3.97. The molecule has 0 radical (unpaired) electrons. The summed E-state index contributed by atoms with van der Waals surface area (Å²) in [6.07, 6.45) is 0. The highest BCUT2D eigenvalue weighted by atomic mass is 32.2. The van der Waals surface area contributed by atoms with Gasteiger partial charge in [-0.3, -0.25) is 19.7 Å². The lowest BCUT2D eigenvalue weighted by Gasteiger charge is -2.18. The van der Waals surface area contributed by atoms with Crippen LogP contribution in [-0.2, 0) is 9.59 Å². The van der Waals surface area contributed by atoms with Gasteiger partial charge in [0, 0.05) is 18.8 Å². The number of hydrogen-bond acceptors (Lipinski definition) is 5. The molecule has 0 aliphatic heterocycles.